The quantitative estimate of drug-likeness (QED) is 0.514. The highest BCUT2D eigenvalue weighted by atomic mass is 19.4. The number of morpholine rings is 1. The van der Waals surface area contributed by atoms with Gasteiger partial charge >= 0.3 is 18.0 Å². The highest BCUT2D eigenvalue weighted by Gasteiger charge is 2.38. The van der Waals surface area contributed by atoms with Crippen LogP contribution >= 0.6 is 0 Å². The van der Waals surface area contributed by atoms with Gasteiger partial charge in [-0.05, 0) is 39.0 Å². The molecule has 34 heavy (non-hydrogen) atoms. The molecule has 2 aromatic heterocycles. The van der Waals surface area contributed by atoms with E-state index in [0.29, 0.717) is 17.9 Å². The van der Waals surface area contributed by atoms with Gasteiger partial charge < -0.3 is 9.64 Å². The third kappa shape index (κ3) is 4.59. The predicted molar refractivity (Wildman–Crippen MR) is 115 cm³/mol. The molecule has 0 bridgehead atoms. The van der Waals surface area contributed by atoms with Gasteiger partial charge in [0.1, 0.15) is 6.54 Å². The van der Waals surface area contributed by atoms with Crippen molar-refractivity contribution >= 4 is 5.69 Å². The Morgan fingerprint density at radius 2 is 1.82 bits per heavy atom. The van der Waals surface area contributed by atoms with E-state index in [-0.39, 0.29) is 31.1 Å². The molecule has 1 aliphatic rings. The molecule has 0 N–H and O–H groups in total. The molecule has 7 nitrogen and oxygen atoms in total. The van der Waals surface area contributed by atoms with Crippen molar-refractivity contribution in [1.82, 2.24) is 18.9 Å². The SMILES string of the molecule is CCn1cc(Cn2c(C)c(C)n(-c3cc(N4CCOC(F)(F)C4)cc(C(F)(F)F)c3)c2=O)cn1. The molecular formula is C22H24F5N5O2. The summed E-state index contributed by atoms with van der Waals surface area (Å²) in [7, 11) is 0. The molecule has 0 unspecified atom stereocenters. The van der Waals surface area contributed by atoms with Crippen LogP contribution in [0.3, 0.4) is 0 Å². The Morgan fingerprint density at radius 1 is 1.12 bits per heavy atom. The number of imidazole rings is 1. The molecule has 0 radical (unpaired) electrons. The van der Waals surface area contributed by atoms with Crippen molar-refractivity contribution in [2.75, 3.05) is 24.6 Å². The van der Waals surface area contributed by atoms with Crippen LogP contribution in [0, 0.1) is 13.8 Å². The topological polar surface area (TPSA) is 57.2 Å². The van der Waals surface area contributed by atoms with Crippen LogP contribution in [-0.2, 0) is 24.0 Å². The molecule has 3 heterocycles. The summed E-state index contributed by atoms with van der Waals surface area (Å²) in [4.78, 5) is 14.4. The van der Waals surface area contributed by atoms with E-state index in [1.807, 2.05) is 6.92 Å². The minimum Gasteiger partial charge on any atom is -0.360 e. The van der Waals surface area contributed by atoms with Crippen LogP contribution < -0.4 is 10.6 Å². The van der Waals surface area contributed by atoms with E-state index in [1.165, 1.54) is 15.2 Å². The predicted octanol–water partition coefficient (Wildman–Crippen LogP) is 3.97. The molecule has 1 aromatic carbocycles. The minimum absolute atomic E-state index is 0.00825. The van der Waals surface area contributed by atoms with E-state index >= 15 is 0 Å². The van der Waals surface area contributed by atoms with Crippen LogP contribution in [0.15, 0.2) is 35.4 Å². The van der Waals surface area contributed by atoms with Gasteiger partial charge in [-0.3, -0.25) is 13.8 Å². The van der Waals surface area contributed by atoms with Crippen LogP contribution in [0.5, 0.6) is 0 Å². The zero-order chi connectivity index (χ0) is 24.8. The molecule has 3 aromatic rings. The van der Waals surface area contributed by atoms with Crippen molar-refractivity contribution in [3.63, 3.8) is 0 Å². The molecule has 0 amide bonds. The van der Waals surface area contributed by atoms with Gasteiger partial charge in [0, 0.05) is 41.9 Å². The fraction of sp³-hybridized carbons (Fsp3) is 0.455. The maximum absolute atomic E-state index is 13.8. The zero-order valence-corrected chi connectivity index (χ0v) is 18.9. The Bertz CT molecular complexity index is 1260. The number of halogens is 5. The number of nitrogens with zero attached hydrogens (tertiary/aromatic N) is 5. The van der Waals surface area contributed by atoms with Gasteiger partial charge in [0.05, 0.1) is 30.6 Å². The van der Waals surface area contributed by atoms with Crippen LogP contribution in [0.4, 0.5) is 27.6 Å². The van der Waals surface area contributed by atoms with Crippen molar-refractivity contribution in [2.45, 2.75) is 46.1 Å². The Morgan fingerprint density at radius 3 is 2.44 bits per heavy atom. The summed E-state index contributed by atoms with van der Waals surface area (Å²) in [5.74, 6) is 0. The van der Waals surface area contributed by atoms with Gasteiger partial charge in [0.15, 0.2) is 0 Å². The molecule has 12 heteroatoms. The van der Waals surface area contributed by atoms with E-state index in [2.05, 4.69) is 9.84 Å². The largest absolute Gasteiger partial charge is 0.416 e. The molecule has 1 aliphatic heterocycles. The van der Waals surface area contributed by atoms with E-state index < -0.39 is 30.1 Å². The second-order valence-electron chi connectivity index (χ2n) is 8.22. The number of ether oxygens (including phenoxy) is 1. The van der Waals surface area contributed by atoms with Crippen molar-refractivity contribution < 1.29 is 26.7 Å². The number of hydrogen-bond donors (Lipinski definition) is 0. The van der Waals surface area contributed by atoms with Gasteiger partial charge in [0.2, 0.25) is 0 Å². The smallest absolute Gasteiger partial charge is 0.360 e. The average Bonchev–Trinajstić information content (AvgIpc) is 3.30. The van der Waals surface area contributed by atoms with E-state index in [1.54, 1.807) is 30.9 Å². The van der Waals surface area contributed by atoms with Gasteiger partial charge in [0.25, 0.3) is 0 Å². The summed E-state index contributed by atoms with van der Waals surface area (Å²) in [6.07, 6.45) is -4.80. The molecule has 0 aliphatic carbocycles. The fourth-order valence-electron chi connectivity index (χ4n) is 4.04. The first kappa shape index (κ1) is 24.0. The maximum atomic E-state index is 13.8. The number of benzene rings is 1. The first-order valence-corrected chi connectivity index (χ1v) is 10.7. The Labute approximate surface area is 192 Å². The maximum Gasteiger partial charge on any atom is 0.416 e. The van der Waals surface area contributed by atoms with Gasteiger partial charge in [-0.1, -0.05) is 0 Å². The Balaban J connectivity index is 1.81. The van der Waals surface area contributed by atoms with E-state index in [0.717, 1.165) is 22.6 Å². The summed E-state index contributed by atoms with van der Waals surface area (Å²) in [6.45, 7) is 4.87. The molecule has 184 valence electrons. The first-order valence-electron chi connectivity index (χ1n) is 10.7. The van der Waals surface area contributed by atoms with Gasteiger partial charge in [-0.25, -0.2) is 4.79 Å². The number of aromatic nitrogens is 4. The normalized spacial score (nSPS) is 16.3. The number of aryl methyl sites for hydroxylation is 1. The second-order valence-corrected chi connectivity index (χ2v) is 8.22. The lowest BCUT2D eigenvalue weighted by atomic mass is 10.1. The molecule has 1 saturated heterocycles. The Kier molecular flexibility index (Phi) is 6.05. The van der Waals surface area contributed by atoms with E-state index in [4.69, 9.17) is 0 Å². The number of hydrogen-bond acceptors (Lipinski definition) is 4. The summed E-state index contributed by atoms with van der Waals surface area (Å²) >= 11 is 0. The highest BCUT2D eigenvalue weighted by molar-refractivity contribution is 5.57. The molecule has 1 fully saturated rings. The van der Waals surface area contributed by atoms with E-state index in [9.17, 15) is 26.7 Å². The van der Waals surface area contributed by atoms with Crippen molar-refractivity contribution in [3.8, 4) is 5.69 Å². The lowest BCUT2D eigenvalue weighted by molar-refractivity contribution is -0.240. The van der Waals surface area contributed by atoms with Gasteiger partial charge in [-0.15, -0.1) is 0 Å². The number of alkyl halides is 5. The first-order chi connectivity index (χ1) is 15.9. The fourth-order valence-corrected chi connectivity index (χ4v) is 4.04. The molecule has 0 spiro atoms. The molecule has 4 rings (SSSR count). The number of anilines is 1. The summed E-state index contributed by atoms with van der Waals surface area (Å²) in [5.41, 5.74) is 0.121. The van der Waals surface area contributed by atoms with Crippen molar-refractivity contribution in [2.24, 2.45) is 0 Å². The van der Waals surface area contributed by atoms with Crippen molar-refractivity contribution in [3.05, 3.63) is 63.6 Å². The van der Waals surface area contributed by atoms with Gasteiger partial charge in [-0.2, -0.15) is 27.1 Å². The lowest BCUT2D eigenvalue weighted by Crippen LogP contribution is -2.46. The highest BCUT2D eigenvalue weighted by Crippen LogP contribution is 2.35. The lowest BCUT2D eigenvalue weighted by Gasteiger charge is -2.34. The summed E-state index contributed by atoms with van der Waals surface area (Å²) in [6, 6.07) is 2.99. The molecule has 0 saturated carbocycles. The third-order valence-corrected chi connectivity index (χ3v) is 5.94. The summed E-state index contributed by atoms with van der Waals surface area (Å²) < 4.78 is 77.4. The molecular weight excluding hydrogens is 461 g/mol. The standard InChI is InChI=1S/C22H24F5N5O2/c1-4-30-11-16(10-28-30)12-31-14(2)15(3)32(20(31)33)19-8-17(22(25,26)27)7-18(9-19)29-5-6-34-21(23,24)13-29/h7-11H,4-6,12-13H2,1-3H3. The monoisotopic (exact) mass is 485 g/mol. The van der Waals surface area contributed by atoms with Crippen LogP contribution in [0.25, 0.3) is 5.69 Å². The number of rotatable bonds is 5. The average molecular weight is 485 g/mol. The second kappa shape index (κ2) is 8.57. The van der Waals surface area contributed by atoms with Crippen LogP contribution in [-0.4, -0.2) is 44.7 Å². The Hall–Kier alpha value is -3.15. The van der Waals surface area contributed by atoms with Crippen LogP contribution in [0.2, 0.25) is 0 Å². The minimum atomic E-state index is -4.73. The van der Waals surface area contributed by atoms with Crippen molar-refractivity contribution in [1.29, 1.82) is 0 Å². The molecule has 0 atom stereocenters. The van der Waals surface area contributed by atoms with Crippen LogP contribution in [0.1, 0.15) is 29.4 Å². The zero-order valence-electron chi connectivity index (χ0n) is 18.9. The third-order valence-electron chi connectivity index (χ3n) is 5.94. The summed E-state index contributed by atoms with van der Waals surface area (Å²) in [5, 5.41) is 4.18.